The summed E-state index contributed by atoms with van der Waals surface area (Å²) in [5, 5.41) is 10.8. The van der Waals surface area contributed by atoms with Crippen molar-refractivity contribution in [2.24, 2.45) is 0 Å². The van der Waals surface area contributed by atoms with Gasteiger partial charge in [-0.3, -0.25) is 14.9 Å². The van der Waals surface area contributed by atoms with E-state index >= 15 is 0 Å². The van der Waals surface area contributed by atoms with Crippen molar-refractivity contribution >= 4 is 34.5 Å². The molecule has 21 heavy (non-hydrogen) atoms. The fourth-order valence-corrected chi connectivity index (χ4v) is 3.60. The lowest BCUT2D eigenvalue weighted by molar-refractivity contribution is -0.384. The van der Waals surface area contributed by atoms with Crippen LogP contribution in [0.5, 0.6) is 0 Å². The molecule has 1 aliphatic rings. The lowest BCUT2D eigenvalue weighted by atomic mass is 10.00. The van der Waals surface area contributed by atoms with Crippen molar-refractivity contribution < 1.29 is 9.72 Å². The summed E-state index contributed by atoms with van der Waals surface area (Å²) >= 11 is 6.77. The molecule has 2 heterocycles. The van der Waals surface area contributed by atoms with E-state index in [1.165, 1.54) is 11.6 Å². The van der Waals surface area contributed by atoms with Gasteiger partial charge in [-0.2, -0.15) is 0 Å². The largest absolute Gasteiger partial charge is 0.333 e. The summed E-state index contributed by atoms with van der Waals surface area (Å²) in [5.41, 5.74) is 2.16. The minimum Gasteiger partial charge on any atom is -0.333 e. The van der Waals surface area contributed by atoms with Crippen LogP contribution in [0.1, 0.15) is 20.8 Å². The molecule has 3 rings (SSSR count). The summed E-state index contributed by atoms with van der Waals surface area (Å²) in [6, 6.07) is 9.25. The SMILES string of the molecule is O=C(c1cc([N+](=O)[O-])c(Cl)s1)N1CCc2ccccc2C1. The number of amides is 1. The molecule has 0 radical (unpaired) electrons. The highest BCUT2D eigenvalue weighted by molar-refractivity contribution is 7.18. The fraction of sp³-hybridized carbons (Fsp3) is 0.214. The molecule has 0 bridgehead atoms. The number of hydrogen-bond donors (Lipinski definition) is 0. The van der Waals surface area contributed by atoms with Gasteiger partial charge < -0.3 is 4.90 Å². The maximum Gasteiger partial charge on any atom is 0.299 e. The third-order valence-corrected chi connectivity index (χ3v) is 4.82. The third kappa shape index (κ3) is 2.64. The second-order valence-corrected chi connectivity index (χ2v) is 6.43. The Morgan fingerprint density at radius 1 is 1.33 bits per heavy atom. The van der Waals surface area contributed by atoms with Gasteiger partial charge in [0.1, 0.15) is 4.88 Å². The monoisotopic (exact) mass is 322 g/mol. The van der Waals surface area contributed by atoms with Crippen LogP contribution in [0.15, 0.2) is 30.3 Å². The van der Waals surface area contributed by atoms with Gasteiger partial charge >= 0.3 is 0 Å². The third-order valence-electron chi connectivity index (χ3n) is 3.49. The summed E-state index contributed by atoms with van der Waals surface area (Å²) < 4.78 is 0.0424. The average Bonchev–Trinajstić information content (AvgIpc) is 2.88. The van der Waals surface area contributed by atoms with Gasteiger partial charge in [0.05, 0.1) is 4.92 Å². The van der Waals surface area contributed by atoms with Crippen LogP contribution < -0.4 is 0 Å². The first kappa shape index (κ1) is 14.0. The second-order valence-electron chi connectivity index (χ2n) is 4.77. The van der Waals surface area contributed by atoms with E-state index in [0.29, 0.717) is 18.0 Å². The molecule has 0 saturated carbocycles. The molecule has 0 N–H and O–H groups in total. The van der Waals surface area contributed by atoms with Crippen LogP contribution in [0, 0.1) is 10.1 Å². The Balaban J connectivity index is 1.84. The normalized spacial score (nSPS) is 13.9. The maximum absolute atomic E-state index is 12.5. The number of rotatable bonds is 2. The molecule has 7 heteroatoms. The molecule has 1 amide bonds. The van der Waals surface area contributed by atoms with Gasteiger partial charge in [0.25, 0.3) is 11.6 Å². The molecule has 2 aromatic rings. The number of benzene rings is 1. The van der Waals surface area contributed by atoms with Crippen molar-refractivity contribution in [3.8, 4) is 0 Å². The molecule has 0 saturated heterocycles. The van der Waals surface area contributed by atoms with Crippen molar-refractivity contribution in [3.63, 3.8) is 0 Å². The van der Waals surface area contributed by atoms with Crippen LogP contribution >= 0.6 is 22.9 Å². The molecule has 0 aliphatic carbocycles. The van der Waals surface area contributed by atoms with E-state index in [4.69, 9.17) is 11.6 Å². The topological polar surface area (TPSA) is 63.4 Å². The summed E-state index contributed by atoms with van der Waals surface area (Å²) in [7, 11) is 0. The highest BCUT2D eigenvalue weighted by Gasteiger charge is 2.26. The Hall–Kier alpha value is -1.92. The molecule has 0 unspecified atom stereocenters. The highest BCUT2D eigenvalue weighted by Crippen LogP contribution is 2.35. The van der Waals surface area contributed by atoms with E-state index in [0.717, 1.165) is 23.3 Å². The number of fused-ring (bicyclic) bond motifs is 1. The summed E-state index contributed by atoms with van der Waals surface area (Å²) in [5.74, 6) is -0.204. The Kier molecular flexibility index (Phi) is 3.65. The quantitative estimate of drug-likeness (QED) is 0.628. The Morgan fingerprint density at radius 2 is 2.05 bits per heavy atom. The predicted octanol–water partition coefficient (Wildman–Crippen LogP) is 3.51. The first-order valence-corrected chi connectivity index (χ1v) is 7.55. The lowest BCUT2D eigenvalue weighted by Crippen LogP contribution is -2.35. The predicted molar refractivity (Wildman–Crippen MR) is 80.9 cm³/mol. The summed E-state index contributed by atoms with van der Waals surface area (Å²) in [6.07, 6.45) is 0.795. The van der Waals surface area contributed by atoms with Crippen molar-refractivity contribution in [2.75, 3.05) is 6.54 Å². The van der Waals surface area contributed by atoms with Crippen molar-refractivity contribution in [1.29, 1.82) is 0 Å². The zero-order valence-corrected chi connectivity index (χ0v) is 12.5. The molecule has 0 fully saturated rings. The number of nitrogens with zero attached hydrogens (tertiary/aromatic N) is 2. The van der Waals surface area contributed by atoms with Gasteiger partial charge in [0.15, 0.2) is 4.34 Å². The fourth-order valence-electron chi connectivity index (χ4n) is 2.41. The van der Waals surface area contributed by atoms with Crippen molar-refractivity contribution in [1.82, 2.24) is 4.90 Å². The number of thiophene rings is 1. The molecular weight excluding hydrogens is 312 g/mol. The molecule has 1 aromatic heterocycles. The lowest BCUT2D eigenvalue weighted by Gasteiger charge is -2.28. The van der Waals surface area contributed by atoms with Crippen molar-refractivity contribution in [2.45, 2.75) is 13.0 Å². The van der Waals surface area contributed by atoms with Gasteiger partial charge in [-0.1, -0.05) is 35.9 Å². The summed E-state index contributed by atoms with van der Waals surface area (Å²) in [4.78, 5) is 24.7. The van der Waals surface area contributed by atoms with E-state index in [1.807, 2.05) is 18.2 Å². The summed E-state index contributed by atoms with van der Waals surface area (Å²) in [6.45, 7) is 1.14. The zero-order valence-electron chi connectivity index (χ0n) is 10.9. The Morgan fingerprint density at radius 3 is 2.71 bits per heavy atom. The van der Waals surface area contributed by atoms with E-state index in [2.05, 4.69) is 6.07 Å². The molecule has 1 aromatic carbocycles. The van der Waals surface area contributed by atoms with Gasteiger partial charge in [0.2, 0.25) is 0 Å². The van der Waals surface area contributed by atoms with Gasteiger partial charge in [-0.25, -0.2) is 0 Å². The number of carbonyl (C=O) groups is 1. The first-order chi connectivity index (χ1) is 10.1. The van der Waals surface area contributed by atoms with E-state index in [1.54, 1.807) is 4.90 Å². The number of hydrogen-bond acceptors (Lipinski definition) is 4. The molecule has 108 valence electrons. The molecular formula is C14H11ClN2O3S. The van der Waals surface area contributed by atoms with Crippen LogP contribution in [0.4, 0.5) is 5.69 Å². The smallest absolute Gasteiger partial charge is 0.299 e. The van der Waals surface area contributed by atoms with Crippen LogP contribution in [0.2, 0.25) is 4.34 Å². The highest BCUT2D eigenvalue weighted by atomic mass is 35.5. The molecule has 0 atom stereocenters. The van der Waals surface area contributed by atoms with Crippen LogP contribution in [0.25, 0.3) is 0 Å². The van der Waals surface area contributed by atoms with Crippen LogP contribution in [-0.2, 0) is 13.0 Å². The molecule has 1 aliphatic heterocycles. The van der Waals surface area contributed by atoms with Crippen LogP contribution in [-0.4, -0.2) is 22.3 Å². The van der Waals surface area contributed by atoms with E-state index < -0.39 is 4.92 Å². The number of nitro groups is 1. The van der Waals surface area contributed by atoms with Gasteiger partial charge in [-0.05, 0) is 17.5 Å². The Labute approximate surface area is 129 Å². The van der Waals surface area contributed by atoms with Gasteiger partial charge in [-0.15, -0.1) is 11.3 Å². The number of halogens is 1. The standard InChI is InChI=1S/C14H11ClN2O3S/c15-13-11(17(19)20)7-12(21-13)14(18)16-6-5-9-3-1-2-4-10(9)8-16/h1-4,7H,5-6,8H2. The zero-order chi connectivity index (χ0) is 15.0. The van der Waals surface area contributed by atoms with Gasteiger partial charge in [0, 0.05) is 19.2 Å². The minimum absolute atomic E-state index is 0.0424. The van der Waals surface area contributed by atoms with E-state index in [9.17, 15) is 14.9 Å². The maximum atomic E-state index is 12.5. The van der Waals surface area contributed by atoms with Crippen LogP contribution in [0.3, 0.4) is 0 Å². The first-order valence-electron chi connectivity index (χ1n) is 6.36. The second kappa shape index (κ2) is 5.46. The molecule has 0 spiro atoms. The average molecular weight is 323 g/mol. The van der Waals surface area contributed by atoms with Crippen molar-refractivity contribution in [3.05, 3.63) is 60.8 Å². The molecule has 5 nitrogen and oxygen atoms in total. The van der Waals surface area contributed by atoms with E-state index in [-0.39, 0.29) is 15.9 Å². The Bertz CT molecular complexity index is 729. The number of carbonyl (C=O) groups excluding carboxylic acids is 1. The minimum atomic E-state index is -0.568.